The third kappa shape index (κ3) is 3.43. The van der Waals surface area contributed by atoms with E-state index >= 15 is 0 Å². The summed E-state index contributed by atoms with van der Waals surface area (Å²) in [6, 6.07) is 5.26. The van der Waals surface area contributed by atoms with Gasteiger partial charge >= 0.3 is 0 Å². The van der Waals surface area contributed by atoms with Crippen molar-refractivity contribution in [2.24, 2.45) is 5.92 Å². The van der Waals surface area contributed by atoms with Crippen LogP contribution in [0.1, 0.15) is 54.2 Å². The Hall–Kier alpha value is -2.64. The van der Waals surface area contributed by atoms with E-state index in [0.717, 1.165) is 31.5 Å². The number of hydrogen-bond donors (Lipinski definition) is 0. The summed E-state index contributed by atoms with van der Waals surface area (Å²) in [5, 5.41) is 8.97. The van der Waals surface area contributed by atoms with Crippen molar-refractivity contribution in [3.8, 4) is 5.88 Å². The minimum Gasteiger partial charge on any atom is -0.478 e. The van der Waals surface area contributed by atoms with Crippen LogP contribution in [-0.4, -0.2) is 50.1 Å². The molecule has 0 radical (unpaired) electrons. The lowest BCUT2D eigenvalue weighted by Gasteiger charge is -2.31. The van der Waals surface area contributed by atoms with Gasteiger partial charge in [-0.2, -0.15) is 10.2 Å². The standard InChI is InChI=1S/C20H25N5O3/c26-18-5-4-16(15-2-3-15)21-25(18)13-14-6-9-23(10-7-14)20(27)17-12-19-24(22-17)8-1-11-28-19/h4-5,12,14-15H,1-3,6-11,13H2. The van der Waals surface area contributed by atoms with Gasteiger partial charge in [0.25, 0.3) is 11.5 Å². The van der Waals surface area contributed by atoms with Crippen molar-refractivity contribution in [1.82, 2.24) is 24.5 Å². The second-order valence-corrected chi connectivity index (χ2v) is 8.08. The zero-order valence-electron chi connectivity index (χ0n) is 15.9. The van der Waals surface area contributed by atoms with E-state index in [1.54, 1.807) is 21.5 Å². The number of piperidine rings is 1. The van der Waals surface area contributed by atoms with Crippen LogP contribution in [0.25, 0.3) is 0 Å². The second kappa shape index (κ2) is 7.07. The number of fused-ring (bicyclic) bond motifs is 1. The molecule has 1 amide bonds. The molecule has 28 heavy (non-hydrogen) atoms. The zero-order chi connectivity index (χ0) is 19.1. The average molecular weight is 383 g/mol. The van der Waals surface area contributed by atoms with E-state index in [0.29, 0.717) is 49.7 Å². The van der Waals surface area contributed by atoms with Crippen LogP contribution in [0.2, 0.25) is 0 Å². The van der Waals surface area contributed by atoms with E-state index in [-0.39, 0.29) is 11.5 Å². The summed E-state index contributed by atoms with van der Waals surface area (Å²) in [7, 11) is 0. The number of aryl methyl sites for hydroxylation is 1. The van der Waals surface area contributed by atoms with Crippen LogP contribution in [0, 0.1) is 5.92 Å². The van der Waals surface area contributed by atoms with Gasteiger partial charge in [-0.1, -0.05) is 0 Å². The molecule has 0 aromatic carbocycles. The van der Waals surface area contributed by atoms with Gasteiger partial charge in [-0.25, -0.2) is 9.36 Å². The van der Waals surface area contributed by atoms with Crippen LogP contribution >= 0.6 is 0 Å². The maximum absolute atomic E-state index is 12.8. The lowest BCUT2D eigenvalue weighted by Crippen LogP contribution is -2.40. The van der Waals surface area contributed by atoms with Crippen molar-refractivity contribution >= 4 is 5.91 Å². The Morgan fingerprint density at radius 3 is 2.68 bits per heavy atom. The quantitative estimate of drug-likeness (QED) is 0.802. The van der Waals surface area contributed by atoms with Crippen molar-refractivity contribution < 1.29 is 9.53 Å². The molecular formula is C20H25N5O3. The normalized spacial score (nSPS) is 19.9. The van der Waals surface area contributed by atoms with Crippen LogP contribution in [0.15, 0.2) is 23.0 Å². The molecule has 2 aromatic heterocycles. The van der Waals surface area contributed by atoms with E-state index in [9.17, 15) is 9.59 Å². The summed E-state index contributed by atoms with van der Waals surface area (Å²) in [5.41, 5.74) is 1.47. The lowest BCUT2D eigenvalue weighted by molar-refractivity contribution is 0.0673. The highest BCUT2D eigenvalue weighted by molar-refractivity contribution is 5.92. The minimum absolute atomic E-state index is 0.0324. The fraction of sp³-hybridized carbons (Fsp3) is 0.600. The van der Waals surface area contributed by atoms with Gasteiger partial charge in [-0.05, 0) is 37.7 Å². The van der Waals surface area contributed by atoms with Crippen LogP contribution in [0.4, 0.5) is 0 Å². The van der Waals surface area contributed by atoms with Gasteiger partial charge in [0.1, 0.15) is 0 Å². The van der Waals surface area contributed by atoms with E-state index < -0.39 is 0 Å². The molecule has 2 aliphatic heterocycles. The van der Waals surface area contributed by atoms with Crippen molar-refractivity contribution in [3.05, 3.63) is 39.9 Å². The summed E-state index contributed by atoms with van der Waals surface area (Å²) in [4.78, 5) is 26.8. The highest BCUT2D eigenvalue weighted by Crippen LogP contribution is 2.38. The molecule has 2 aromatic rings. The first kappa shape index (κ1) is 17.5. The Morgan fingerprint density at radius 2 is 1.93 bits per heavy atom. The number of aromatic nitrogens is 4. The summed E-state index contributed by atoms with van der Waals surface area (Å²) >= 11 is 0. The SMILES string of the molecule is O=C(c1cc2n(n1)CCCO2)N1CCC(Cn2nc(C3CC3)ccc2=O)CC1. The Balaban J connectivity index is 1.20. The molecule has 0 bridgehead atoms. The first-order valence-electron chi connectivity index (χ1n) is 10.3. The molecule has 148 valence electrons. The number of rotatable bonds is 4. The van der Waals surface area contributed by atoms with E-state index in [2.05, 4.69) is 10.2 Å². The molecule has 2 fully saturated rings. The maximum atomic E-state index is 12.8. The predicted octanol–water partition coefficient (Wildman–Crippen LogP) is 1.65. The number of carbonyl (C=O) groups excluding carboxylic acids is 1. The molecular weight excluding hydrogens is 358 g/mol. The Kier molecular flexibility index (Phi) is 4.41. The molecule has 3 aliphatic rings. The molecule has 0 spiro atoms. The number of ether oxygens (including phenoxy) is 1. The molecule has 0 unspecified atom stereocenters. The van der Waals surface area contributed by atoms with Gasteiger partial charge in [0.05, 0.1) is 12.3 Å². The molecule has 1 saturated carbocycles. The molecule has 0 atom stereocenters. The Labute approximate surface area is 163 Å². The summed E-state index contributed by atoms with van der Waals surface area (Å²) < 4.78 is 8.95. The largest absolute Gasteiger partial charge is 0.478 e. The van der Waals surface area contributed by atoms with Gasteiger partial charge in [-0.3, -0.25) is 9.59 Å². The Bertz CT molecular complexity index is 914. The smallest absolute Gasteiger partial charge is 0.274 e. The average Bonchev–Trinajstić information content (AvgIpc) is 3.48. The zero-order valence-corrected chi connectivity index (χ0v) is 15.9. The first-order valence-corrected chi connectivity index (χ1v) is 10.3. The third-order valence-corrected chi connectivity index (χ3v) is 5.94. The van der Waals surface area contributed by atoms with Gasteiger partial charge < -0.3 is 9.64 Å². The highest BCUT2D eigenvalue weighted by Gasteiger charge is 2.28. The molecule has 8 heteroatoms. The van der Waals surface area contributed by atoms with Crippen molar-refractivity contribution in [3.63, 3.8) is 0 Å². The second-order valence-electron chi connectivity index (χ2n) is 8.08. The predicted molar refractivity (Wildman–Crippen MR) is 101 cm³/mol. The Morgan fingerprint density at radius 1 is 1.11 bits per heavy atom. The van der Waals surface area contributed by atoms with Crippen LogP contribution in [0.3, 0.4) is 0 Å². The number of hydrogen-bond acceptors (Lipinski definition) is 5. The van der Waals surface area contributed by atoms with Gasteiger partial charge in [0.15, 0.2) is 5.69 Å². The van der Waals surface area contributed by atoms with Crippen LogP contribution in [0.5, 0.6) is 5.88 Å². The van der Waals surface area contributed by atoms with Gasteiger partial charge in [0.2, 0.25) is 5.88 Å². The highest BCUT2D eigenvalue weighted by atomic mass is 16.5. The number of amides is 1. The maximum Gasteiger partial charge on any atom is 0.274 e. The van der Waals surface area contributed by atoms with E-state index in [1.807, 2.05) is 11.0 Å². The van der Waals surface area contributed by atoms with Crippen LogP contribution in [-0.2, 0) is 13.1 Å². The van der Waals surface area contributed by atoms with Crippen molar-refractivity contribution in [2.75, 3.05) is 19.7 Å². The first-order chi connectivity index (χ1) is 13.7. The van der Waals surface area contributed by atoms with Gasteiger partial charge in [0, 0.05) is 50.7 Å². The third-order valence-electron chi connectivity index (χ3n) is 5.94. The summed E-state index contributed by atoms with van der Waals surface area (Å²) in [6.45, 7) is 3.48. The van der Waals surface area contributed by atoms with Crippen LogP contribution < -0.4 is 10.3 Å². The fourth-order valence-electron chi connectivity index (χ4n) is 4.09. The minimum atomic E-state index is -0.0357. The summed E-state index contributed by atoms with van der Waals surface area (Å²) in [5.74, 6) is 1.55. The molecule has 1 saturated heterocycles. The van der Waals surface area contributed by atoms with Crippen molar-refractivity contribution in [2.45, 2.75) is 51.1 Å². The molecule has 0 N–H and O–H groups in total. The number of nitrogens with zero attached hydrogens (tertiary/aromatic N) is 5. The molecule has 5 rings (SSSR count). The van der Waals surface area contributed by atoms with E-state index in [4.69, 9.17) is 4.74 Å². The van der Waals surface area contributed by atoms with Gasteiger partial charge in [-0.15, -0.1) is 0 Å². The molecule has 1 aliphatic carbocycles. The molecule has 4 heterocycles. The lowest BCUT2D eigenvalue weighted by atomic mass is 9.96. The summed E-state index contributed by atoms with van der Waals surface area (Å²) in [6.07, 6.45) is 5.01. The topological polar surface area (TPSA) is 82.2 Å². The monoisotopic (exact) mass is 383 g/mol. The fourth-order valence-corrected chi connectivity index (χ4v) is 4.09. The molecule has 8 nitrogen and oxygen atoms in total. The van der Waals surface area contributed by atoms with E-state index in [1.165, 1.54) is 12.8 Å². The van der Waals surface area contributed by atoms with Crippen molar-refractivity contribution in [1.29, 1.82) is 0 Å². The number of likely N-dealkylation sites (tertiary alicyclic amines) is 1. The number of carbonyl (C=O) groups is 1.